The van der Waals surface area contributed by atoms with Crippen LogP contribution in [0, 0.1) is 0 Å². The van der Waals surface area contributed by atoms with Crippen molar-refractivity contribution in [1.82, 2.24) is 0 Å². The second-order valence-corrected chi connectivity index (χ2v) is 6.46. The molecular formula is C21H24ClNO4. The maximum Gasteiger partial charge on any atom is 0.338 e. The number of esters is 1. The molecule has 0 heterocycles. The first-order valence-corrected chi connectivity index (χ1v) is 9.41. The number of carbonyl (C=O) groups excluding carboxylic acids is 2. The van der Waals surface area contributed by atoms with Crippen molar-refractivity contribution in [3.8, 4) is 5.75 Å². The summed E-state index contributed by atoms with van der Waals surface area (Å²) in [6, 6.07) is 13.5. The van der Waals surface area contributed by atoms with Crippen molar-refractivity contribution >= 4 is 29.2 Å². The highest BCUT2D eigenvalue weighted by molar-refractivity contribution is 6.30. The van der Waals surface area contributed by atoms with E-state index >= 15 is 0 Å². The molecule has 2 aromatic rings. The molecule has 0 bridgehead atoms. The van der Waals surface area contributed by atoms with Gasteiger partial charge in [-0.15, -0.1) is 0 Å². The lowest BCUT2D eigenvalue weighted by molar-refractivity contribution is -0.122. The van der Waals surface area contributed by atoms with Crippen LogP contribution in [0.2, 0.25) is 5.02 Å². The molecule has 0 radical (unpaired) electrons. The Bertz CT molecular complexity index is 744. The van der Waals surface area contributed by atoms with Crippen molar-refractivity contribution in [3.05, 3.63) is 59.1 Å². The average Bonchev–Trinajstić information content (AvgIpc) is 2.68. The monoisotopic (exact) mass is 389 g/mol. The number of unbranched alkanes of at least 4 members (excludes halogenated alkanes) is 1. The van der Waals surface area contributed by atoms with Gasteiger partial charge < -0.3 is 14.8 Å². The van der Waals surface area contributed by atoms with Crippen LogP contribution in [0.3, 0.4) is 0 Å². The van der Waals surface area contributed by atoms with Gasteiger partial charge in [0.25, 0.3) is 5.91 Å². The van der Waals surface area contributed by atoms with E-state index in [1.54, 1.807) is 48.5 Å². The number of benzene rings is 2. The third-order valence-corrected chi connectivity index (χ3v) is 4.13. The summed E-state index contributed by atoms with van der Waals surface area (Å²) in [6.45, 7) is 4.31. The summed E-state index contributed by atoms with van der Waals surface area (Å²) >= 11 is 5.85. The van der Waals surface area contributed by atoms with E-state index in [4.69, 9.17) is 21.1 Å². The smallest absolute Gasteiger partial charge is 0.338 e. The van der Waals surface area contributed by atoms with Gasteiger partial charge in [0.15, 0.2) is 6.10 Å². The summed E-state index contributed by atoms with van der Waals surface area (Å²) in [7, 11) is 0. The lowest BCUT2D eigenvalue weighted by Crippen LogP contribution is -2.32. The fourth-order valence-electron chi connectivity index (χ4n) is 2.30. The minimum absolute atomic E-state index is 0.259. The molecule has 5 nitrogen and oxygen atoms in total. The van der Waals surface area contributed by atoms with E-state index in [1.807, 2.05) is 13.8 Å². The number of ether oxygens (including phenoxy) is 2. The Morgan fingerprint density at radius 3 is 2.30 bits per heavy atom. The van der Waals surface area contributed by atoms with E-state index in [2.05, 4.69) is 5.32 Å². The maximum atomic E-state index is 12.5. The molecule has 6 heteroatoms. The molecule has 1 atom stereocenters. The molecule has 1 amide bonds. The molecule has 0 saturated heterocycles. The zero-order valence-electron chi connectivity index (χ0n) is 15.5. The Morgan fingerprint density at radius 2 is 1.70 bits per heavy atom. The van der Waals surface area contributed by atoms with Crippen molar-refractivity contribution in [3.63, 3.8) is 0 Å². The largest absolute Gasteiger partial charge is 0.481 e. The van der Waals surface area contributed by atoms with Gasteiger partial charge in [0.1, 0.15) is 5.75 Å². The van der Waals surface area contributed by atoms with Crippen LogP contribution in [-0.2, 0) is 9.53 Å². The van der Waals surface area contributed by atoms with Gasteiger partial charge >= 0.3 is 5.97 Å². The number of amides is 1. The van der Waals surface area contributed by atoms with Gasteiger partial charge in [0, 0.05) is 10.7 Å². The molecule has 27 heavy (non-hydrogen) atoms. The van der Waals surface area contributed by atoms with Gasteiger partial charge in [-0.2, -0.15) is 0 Å². The average molecular weight is 390 g/mol. The molecule has 0 fully saturated rings. The second-order valence-electron chi connectivity index (χ2n) is 6.02. The normalized spacial score (nSPS) is 11.5. The molecule has 0 aliphatic rings. The summed E-state index contributed by atoms with van der Waals surface area (Å²) in [4.78, 5) is 24.4. The number of rotatable bonds is 9. The number of hydrogen-bond acceptors (Lipinski definition) is 4. The summed E-state index contributed by atoms with van der Waals surface area (Å²) in [6.07, 6.45) is 1.68. The molecule has 1 N–H and O–H groups in total. The Hall–Kier alpha value is -2.53. The van der Waals surface area contributed by atoms with Gasteiger partial charge in [-0.3, -0.25) is 4.79 Å². The Labute approximate surface area is 164 Å². The highest BCUT2D eigenvalue weighted by Gasteiger charge is 2.19. The molecule has 0 saturated carbocycles. The van der Waals surface area contributed by atoms with E-state index in [0.717, 1.165) is 12.8 Å². The van der Waals surface area contributed by atoms with Crippen molar-refractivity contribution in [2.75, 3.05) is 11.9 Å². The first-order valence-electron chi connectivity index (χ1n) is 9.03. The van der Waals surface area contributed by atoms with Crippen LogP contribution < -0.4 is 10.1 Å². The van der Waals surface area contributed by atoms with Crippen LogP contribution in [0.15, 0.2) is 48.5 Å². The standard InChI is InChI=1S/C21H24ClNO4/c1-3-5-14-26-21(25)15-6-10-17(11-7-15)23-20(24)19(4-2)27-18-12-8-16(22)9-13-18/h6-13,19H,3-5,14H2,1-2H3,(H,23,24)/t19-/m0/s1. The van der Waals surface area contributed by atoms with Crippen molar-refractivity contribution < 1.29 is 19.1 Å². The Morgan fingerprint density at radius 1 is 1.04 bits per heavy atom. The number of anilines is 1. The lowest BCUT2D eigenvalue weighted by Gasteiger charge is -2.17. The summed E-state index contributed by atoms with van der Waals surface area (Å²) in [5.74, 6) is -0.0453. The van der Waals surface area contributed by atoms with Gasteiger partial charge in [0.05, 0.1) is 12.2 Å². The molecule has 0 aromatic heterocycles. The van der Waals surface area contributed by atoms with Crippen LogP contribution in [0.25, 0.3) is 0 Å². The van der Waals surface area contributed by atoms with Crippen LogP contribution >= 0.6 is 11.6 Å². The Kier molecular flexibility index (Phi) is 8.14. The second kappa shape index (κ2) is 10.6. The van der Waals surface area contributed by atoms with Gasteiger partial charge in [-0.1, -0.05) is 31.9 Å². The third-order valence-electron chi connectivity index (χ3n) is 3.87. The molecule has 0 aliphatic carbocycles. The first kappa shape index (κ1) is 20.8. The third kappa shape index (κ3) is 6.61. The van der Waals surface area contributed by atoms with E-state index in [-0.39, 0.29) is 11.9 Å². The molecule has 0 unspecified atom stereocenters. The van der Waals surface area contributed by atoms with Crippen LogP contribution in [0.4, 0.5) is 5.69 Å². The zero-order valence-corrected chi connectivity index (χ0v) is 16.3. The SMILES string of the molecule is CCCCOC(=O)c1ccc(NC(=O)[C@H](CC)Oc2ccc(Cl)cc2)cc1. The number of hydrogen-bond donors (Lipinski definition) is 1. The highest BCUT2D eigenvalue weighted by atomic mass is 35.5. The molecule has 2 rings (SSSR count). The van der Waals surface area contributed by atoms with Gasteiger partial charge in [-0.25, -0.2) is 4.79 Å². The summed E-state index contributed by atoms with van der Waals surface area (Å²) in [5, 5.41) is 3.41. The Balaban J connectivity index is 1.93. The fraction of sp³-hybridized carbons (Fsp3) is 0.333. The quantitative estimate of drug-likeness (QED) is 0.479. The van der Waals surface area contributed by atoms with Crippen molar-refractivity contribution in [2.45, 2.75) is 39.2 Å². The molecule has 144 valence electrons. The zero-order chi connectivity index (χ0) is 19.6. The predicted octanol–water partition coefficient (Wildman–Crippen LogP) is 5.09. The minimum atomic E-state index is -0.634. The number of carbonyl (C=O) groups is 2. The van der Waals surface area contributed by atoms with Crippen LogP contribution in [0.1, 0.15) is 43.5 Å². The van der Waals surface area contributed by atoms with Crippen molar-refractivity contribution in [2.24, 2.45) is 0 Å². The summed E-state index contributed by atoms with van der Waals surface area (Å²) < 4.78 is 10.9. The predicted molar refractivity (Wildman–Crippen MR) is 106 cm³/mol. The van der Waals surface area contributed by atoms with Crippen molar-refractivity contribution in [1.29, 1.82) is 0 Å². The number of nitrogens with one attached hydrogen (secondary N) is 1. The first-order chi connectivity index (χ1) is 13.0. The van der Waals surface area contributed by atoms with E-state index in [1.165, 1.54) is 0 Å². The molecule has 2 aromatic carbocycles. The van der Waals surface area contributed by atoms with E-state index in [9.17, 15) is 9.59 Å². The lowest BCUT2D eigenvalue weighted by atomic mass is 10.2. The van der Waals surface area contributed by atoms with E-state index < -0.39 is 6.10 Å². The van der Waals surface area contributed by atoms with Gasteiger partial charge in [0.2, 0.25) is 0 Å². The summed E-state index contributed by atoms with van der Waals surface area (Å²) in [5.41, 5.74) is 1.04. The fourth-order valence-corrected chi connectivity index (χ4v) is 2.43. The highest BCUT2D eigenvalue weighted by Crippen LogP contribution is 2.19. The molecule has 0 spiro atoms. The maximum absolute atomic E-state index is 12.5. The van der Waals surface area contributed by atoms with Crippen LogP contribution in [0.5, 0.6) is 5.75 Å². The van der Waals surface area contributed by atoms with E-state index in [0.29, 0.717) is 35.1 Å². The topological polar surface area (TPSA) is 64.6 Å². The number of halogens is 1. The molecular weight excluding hydrogens is 366 g/mol. The molecule has 0 aliphatic heterocycles. The minimum Gasteiger partial charge on any atom is -0.481 e. The van der Waals surface area contributed by atoms with Crippen LogP contribution in [-0.4, -0.2) is 24.6 Å². The van der Waals surface area contributed by atoms with Gasteiger partial charge in [-0.05, 0) is 61.4 Å².